The average molecular weight is 360 g/mol. The van der Waals surface area contributed by atoms with Crippen LogP contribution < -0.4 is 4.74 Å². The molecule has 2 rings (SSSR count). The van der Waals surface area contributed by atoms with Crippen LogP contribution in [0, 0.1) is 17.8 Å². The van der Waals surface area contributed by atoms with E-state index < -0.39 is 18.5 Å². The Morgan fingerprint density at radius 2 is 1.73 bits per heavy atom. The largest absolute Gasteiger partial charge is 0.495 e. The first-order chi connectivity index (χ1) is 12.4. The van der Waals surface area contributed by atoms with Crippen LogP contribution >= 0.6 is 0 Å². The van der Waals surface area contributed by atoms with Crippen molar-refractivity contribution in [1.29, 1.82) is 0 Å². The van der Waals surface area contributed by atoms with Crippen LogP contribution in [0.15, 0.2) is 54.6 Å². The van der Waals surface area contributed by atoms with Gasteiger partial charge in [-0.3, -0.25) is 4.79 Å². The Hall–Kier alpha value is -2.74. The first kappa shape index (κ1) is 19.6. The van der Waals surface area contributed by atoms with Crippen molar-refractivity contribution in [3.05, 3.63) is 65.7 Å². The highest BCUT2D eigenvalue weighted by Crippen LogP contribution is 2.28. The molecule has 136 valence electrons. The van der Waals surface area contributed by atoms with E-state index in [1.165, 1.54) is 7.11 Å². The van der Waals surface area contributed by atoms with Crippen LogP contribution in [0.2, 0.25) is 0 Å². The minimum Gasteiger partial charge on any atom is -0.495 e. The predicted molar refractivity (Wildman–Crippen MR) is 94.0 cm³/mol. The number of benzene rings is 2. The van der Waals surface area contributed by atoms with Crippen molar-refractivity contribution in [1.82, 2.24) is 0 Å². The molecule has 0 N–H and O–H groups in total. The van der Waals surface area contributed by atoms with Gasteiger partial charge < -0.3 is 4.74 Å². The molecule has 26 heavy (non-hydrogen) atoms. The van der Waals surface area contributed by atoms with Gasteiger partial charge in [0.15, 0.2) is 5.78 Å². The predicted octanol–water partition coefficient (Wildman–Crippen LogP) is 5.28. The van der Waals surface area contributed by atoms with Crippen molar-refractivity contribution < 1.29 is 22.7 Å². The van der Waals surface area contributed by atoms with Gasteiger partial charge in [0, 0.05) is 17.9 Å². The second-order valence-electron chi connectivity index (χ2n) is 5.81. The van der Waals surface area contributed by atoms with E-state index in [0.29, 0.717) is 16.9 Å². The van der Waals surface area contributed by atoms with E-state index in [0.717, 1.165) is 0 Å². The molecule has 0 spiro atoms. The first-order valence-corrected chi connectivity index (χ1v) is 8.18. The van der Waals surface area contributed by atoms with Gasteiger partial charge in [0.2, 0.25) is 0 Å². The smallest absolute Gasteiger partial charge is 0.390 e. The lowest BCUT2D eigenvalue weighted by Gasteiger charge is -2.13. The van der Waals surface area contributed by atoms with E-state index in [-0.39, 0.29) is 18.6 Å². The Bertz CT molecular complexity index is 786. The molecule has 0 bridgehead atoms. The molecule has 0 aliphatic heterocycles. The van der Waals surface area contributed by atoms with Crippen molar-refractivity contribution in [2.24, 2.45) is 5.92 Å². The summed E-state index contributed by atoms with van der Waals surface area (Å²) in [4.78, 5) is 12.1. The molecule has 0 radical (unpaired) electrons. The number of carbonyl (C=O) groups is 1. The summed E-state index contributed by atoms with van der Waals surface area (Å²) in [7, 11) is 1.48. The number of rotatable bonds is 6. The summed E-state index contributed by atoms with van der Waals surface area (Å²) < 4.78 is 43.7. The van der Waals surface area contributed by atoms with Gasteiger partial charge in [0.1, 0.15) is 5.75 Å². The third-order valence-corrected chi connectivity index (χ3v) is 3.81. The summed E-state index contributed by atoms with van der Waals surface area (Å²) in [5, 5.41) is 0. The van der Waals surface area contributed by atoms with Crippen LogP contribution in [-0.2, 0) is 0 Å². The zero-order valence-electron chi connectivity index (χ0n) is 14.3. The number of alkyl halides is 3. The lowest BCUT2D eigenvalue weighted by atomic mass is 9.95. The Balaban J connectivity index is 2.12. The number of methoxy groups -OCH3 is 1. The molecule has 2 nitrogen and oxygen atoms in total. The van der Waals surface area contributed by atoms with E-state index in [1.807, 2.05) is 0 Å². The molecule has 2 aromatic rings. The van der Waals surface area contributed by atoms with Crippen LogP contribution in [0.5, 0.6) is 5.75 Å². The maximum Gasteiger partial charge on any atom is 0.390 e. The Labute approximate surface area is 151 Å². The summed E-state index contributed by atoms with van der Waals surface area (Å²) in [6.45, 7) is 0. The Morgan fingerprint density at radius 3 is 2.38 bits per heavy atom. The number of hydrogen-bond donors (Lipinski definition) is 0. The minimum absolute atomic E-state index is 0.0192. The number of para-hydroxylation sites is 1. The summed E-state index contributed by atoms with van der Waals surface area (Å²) in [6, 6.07) is 15.4. The summed E-state index contributed by atoms with van der Waals surface area (Å²) in [6.07, 6.45) is -5.31. The third-order valence-electron chi connectivity index (χ3n) is 3.81. The van der Waals surface area contributed by atoms with Gasteiger partial charge in [0.05, 0.1) is 19.1 Å². The molecular formula is C21H19F3O2. The highest BCUT2D eigenvalue weighted by molar-refractivity contribution is 5.95. The third kappa shape index (κ3) is 6.29. The molecule has 0 aromatic heterocycles. The molecule has 0 fully saturated rings. The number of halogens is 3. The van der Waals surface area contributed by atoms with Gasteiger partial charge in [-0.05, 0) is 18.6 Å². The van der Waals surface area contributed by atoms with Crippen LogP contribution in [0.3, 0.4) is 0 Å². The summed E-state index contributed by atoms with van der Waals surface area (Å²) in [5.41, 5.74) is 1.02. The second-order valence-corrected chi connectivity index (χ2v) is 5.81. The Morgan fingerprint density at radius 1 is 1.08 bits per heavy atom. The highest BCUT2D eigenvalue weighted by Gasteiger charge is 2.31. The number of carbonyl (C=O) groups excluding carboxylic acids is 1. The summed E-state index contributed by atoms with van der Waals surface area (Å²) in [5.74, 6) is 4.81. The molecule has 0 saturated heterocycles. The van der Waals surface area contributed by atoms with Crippen molar-refractivity contribution in [2.75, 3.05) is 7.11 Å². The zero-order chi connectivity index (χ0) is 19.0. The summed E-state index contributed by atoms with van der Waals surface area (Å²) >= 11 is 0. The molecule has 0 aliphatic rings. The van der Waals surface area contributed by atoms with Crippen molar-refractivity contribution in [2.45, 2.75) is 25.4 Å². The quantitative estimate of drug-likeness (QED) is 0.518. The molecule has 2 aromatic carbocycles. The fourth-order valence-electron chi connectivity index (χ4n) is 2.51. The molecule has 5 heteroatoms. The van der Waals surface area contributed by atoms with E-state index in [9.17, 15) is 18.0 Å². The molecule has 0 saturated carbocycles. The molecule has 1 atom stereocenters. The minimum atomic E-state index is -4.34. The average Bonchev–Trinajstić information content (AvgIpc) is 2.63. The lowest BCUT2D eigenvalue weighted by molar-refractivity contribution is -0.140. The van der Waals surface area contributed by atoms with Crippen LogP contribution in [0.4, 0.5) is 13.2 Å². The second kappa shape index (κ2) is 9.10. The van der Waals surface area contributed by atoms with Gasteiger partial charge in [-0.15, -0.1) is 0 Å². The van der Waals surface area contributed by atoms with E-state index in [2.05, 4.69) is 11.8 Å². The lowest BCUT2D eigenvalue weighted by Crippen LogP contribution is -2.15. The van der Waals surface area contributed by atoms with Crippen molar-refractivity contribution in [3.63, 3.8) is 0 Å². The van der Waals surface area contributed by atoms with E-state index >= 15 is 0 Å². The first-order valence-electron chi connectivity index (χ1n) is 8.18. The Kier molecular flexibility index (Phi) is 6.85. The molecule has 0 amide bonds. The van der Waals surface area contributed by atoms with Crippen molar-refractivity contribution in [3.8, 4) is 17.6 Å². The van der Waals surface area contributed by atoms with E-state index in [1.54, 1.807) is 54.6 Å². The number of Topliss-reactive ketones (excluding diaryl/α,β-unsaturated/α-hetero) is 1. The molecular weight excluding hydrogens is 341 g/mol. The number of ether oxygens (including phenoxy) is 1. The van der Waals surface area contributed by atoms with Gasteiger partial charge in [-0.25, -0.2) is 0 Å². The van der Waals surface area contributed by atoms with Crippen LogP contribution in [0.25, 0.3) is 0 Å². The van der Waals surface area contributed by atoms with Gasteiger partial charge >= 0.3 is 6.18 Å². The normalized spacial score (nSPS) is 12.0. The van der Waals surface area contributed by atoms with E-state index in [4.69, 9.17) is 4.74 Å². The van der Waals surface area contributed by atoms with Gasteiger partial charge in [-0.2, -0.15) is 13.2 Å². The SMILES string of the molecule is COc1ccccc1C#CC(CCC(=O)c1ccccc1)CC(F)(F)F. The standard InChI is InChI=1S/C21H19F3O2/c1-26-20-10-6-5-9-18(20)13-11-16(15-21(22,23)24)12-14-19(25)17-7-3-2-4-8-17/h2-10,16H,12,14-15H2,1H3. The number of ketones is 1. The molecule has 1 unspecified atom stereocenters. The molecule has 0 heterocycles. The maximum absolute atomic E-state index is 12.8. The zero-order valence-corrected chi connectivity index (χ0v) is 14.3. The topological polar surface area (TPSA) is 26.3 Å². The van der Waals surface area contributed by atoms with Crippen LogP contribution in [0.1, 0.15) is 35.2 Å². The monoisotopic (exact) mass is 360 g/mol. The van der Waals surface area contributed by atoms with Gasteiger partial charge in [-0.1, -0.05) is 54.3 Å². The maximum atomic E-state index is 12.8. The fraction of sp³-hybridized carbons (Fsp3) is 0.286. The van der Waals surface area contributed by atoms with Crippen molar-refractivity contribution >= 4 is 5.78 Å². The fourth-order valence-corrected chi connectivity index (χ4v) is 2.51. The highest BCUT2D eigenvalue weighted by atomic mass is 19.4. The van der Waals surface area contributed by atoms with Crippen LogP contribution in [-0.4, -0.2) is 19.1 Å². The number of hydrogen-bond acceptors (Lipinski definition) is 2. The molecule has 0 aliphatic carbocycles. The van der Waals surface area contributed by atoms with Gasteiger partial charge in [0.25, 0.3) is 0 Å².